The highest BCUT2D eigenvalue weighted by Crippen LogP contribution is 2.31. The van der Waals surface area contributed by atoms with E-state index in [0.29, 0.717) is 11.6 Å². The van der Waals surface area contributed by atoms with Gasteiger partial charge in [0.1, 0.15) is 0 Å². The molecule has 2 atom stereocenters. The van der Waals surface area contributed by atoms with Crippen molar-refractivity contribution in [2.45, 2.75) is 26.2 Å². The van der Waals surface area contributed by atoms with Gasteiger partial charge in [0.25, 0.3) is 0 Å². The molecule has 1 amide bonds. The second kappa shape index (κ2) is 5.51. The summed E-state index contributed by atoms with van der Waals surface area (Å²) in [7, 11) is 0. The van der Waals surface area contributed by atoms with Gasteiger partial charge in [-0.05, 0) is 43.0 Å². The molecule has 1 heterocycles. The molecule has 4 heteroatoms. The molecule has 0 bridgehead atoms. The number of hydrogen-bond donors (Lipinski definition) is 1. The van der Waals surface area contributed by atoms with Gasteiger partial charge < -0.3 is 10.6 Å². The van der Waals surface area contributed by atoms with Crippen LogP contribution in [0, 0.1) is 5.41 Å². The molecule has 104 valence electrons. The number of halogens is 1. The Kier molecular flexibility index (Phi) is 4.16. The number of benzene rings is 1. The fraction of sp³-hybridized carbons (Fsp3) is 0.533. The Morgan fingerprint density at radius 2 is 2.32 bits per heavy atom. The summed E-state index contributed by atoms with van der Waals surface area (Å²) >= 11 is 5.98. The normalized spacial score (nSPS) is 24.5. The van der Waals surface area contributed by atoms with E-state index in [9.17, 15) is 4.79 Å². The Bertz CT molecular complexity index is 477. The molecule has 0 aliphatic carbocycles. The number of nitrogens with zero attached hydrogens (tertiary/aromatic N) is 1. The molecule has 1 aromatic rings. The molecular formula is C15H21ClN2O. The zero-order chi connectivity index (χ0) is 14.0. The van der Waals surface area contributed by atoms with E-state index in [1.807, 2.05) is 36.1 Å². The molecule has 2 N–H and O–H groups in total. The van der Waals surface area contributed by atoms with Crippen LogP contribution in [0.4, 0.5) is 0 Å². The summed E-state index contributed by atoms with van der Waals surface area (Å²) in [4.78, 5) is 14.4. The molecular weight excluding hydrogens is 260 g/mol. The zero-order valence-corrected chi connectivity index (χ0v) is 12.3. The highest BCUT2D eigenvalue weighted by molar-refractivity contribution is 6.30. The Morgan fingerprint density at radius 3 is 2.89 bits per heavy atom. The van der Waals surface area contributed by atoms with Gasteiger partial charge in [-0.3, -0.25) is 4.79 Å². The van der Waals surface area contributed by atoms with E-state index in [0.717, 1.165) is 25.1 Å². The number of rotatable bonds is 3. The lowest BCUT2D eigenvalue weighted by molar-refractivity contribution is -0.131. The molecule has 1 aliphatic heterocycles. The van der Waals surface area contributed by atoms with Crippen LogP contribution in [0.25, 0.3) is 0 Å². The Labute approximate surface area is 119 Å². The van der Waals surface area contributed by atoms with Gasteiger partial charge in [-0.25, -0.2) is 0 Å². The first-order chi connectivity index (χ1) is 8.95. The maximum absolute atomic E-state index is 12.5. The highest BCUT2D eigenvalue weighted by atomic mass is 35.5. The molecule has 0 spiro atoms. The summed E-state index contributed by atoms with van der Waals surface area (Å²) < 4.78 is 0. The largest absolute Gasteiger partial charge is 0.342 e. The van der Waals surface area contributed by atoms with E-state index in [2.05, 4.69) is 6.92 Å². The van der Waals surface area contributed by atoms with E-state index in [1.165, 1.54) is 0 Å². The van der Waals surface area contributed by atoms with E-state index in [-0.39, 0.29) is 17.2 Å². The lowest BCUT2D eigenvalue weighted by Gasteiger charge is -2.25. The van der Waals surface area contributed by atoms with Crippen LogP contribution in [-0.4, -0.2) is 30.4 Å². The van der Waals surface area contributed by atoms with Crippen LogP contribution in [0.15, 0.2) is 24.3 Å². The second-order valence-corrected chi connectivity index (χ2v) is 6.24. The number of carbonyl (C=O) groups is 1. The molecule has 0 radical (unpaired) electrons. The lowest BCUT2D eigenvalue weighted by Crippen LogP contribution is -2.36. The summed E-state index contributed by atoms with van der Waals surface area (Å²) in [5.41, 5.74) is 6.83. The number of carbonyl (C=O) groups excluding carboxylic acids is 1. The maximum Gasteiger partial charge on any atom is 0.229 e. The minimum atomic E-state index is -0.154. The van der Waals surface area contributed by atoms with Crippen LogP contribution in [0.2, 0.25) is 5.02 Å². The average Bonchev–Trinajstić information content (AvgIpc) is 2.80. The van der Waals surface area contributed by atoms with Gasteiger partial charge in [-0.1, -0.05) is 30.7 Å². The van der Waals surface area contributed by atoms with Gasteiger partial charge >= 0.3 is 0 Å². The van der Waals surface area contributed by atoms with Crippen LogP contribution in [0.3, 0.4) is 0 Å². The minimum Gasteiger partial charge on any atom is -0.342 e. The van der Waals surface area contributed by atoms with Gasteiger partial charge in [-0.2, -0.15) is 0 Å². The summed E-state index contributed by atoms with van der Waals surface area (Å²) in [5, 5.41) is 0.672. The molecule has 1 fully saturated rings. The smallest absolute Gasteiger partial charge is 0.229 e. The number of hydrogen-bond acceptors (Lipinski definition) is 2. The predicted molar refractivity (Wildman–Crippen MR) is 78.2 cm³/mol. The third kappa shape index (κ3) is 3.10. The number of amides is 1. The predicted octanol–water partition coefficient (Wildman–Crippen LogP) is 2.64. The monoisotopic (exact) mass is 280 g/mol. The first-order valence-electron chi connectivity index (χ1n) is 6.69. The van der Waals surface area contributed by atoms with Crippen LogP contribution in [-0.2, 0) is 4.79 Å². The first kappa shape index (κ1) is 14.4. The fourth-order valence-corrected chi connectivity index (χ4v) is 2.77. The standard InChI is InChI=1S/C15H21ClN2O/c1-11(12-4-3-5-13(16)8-12)14(19)18-7-6-15(2,9-17)10-18/h3-5,8,11H,6-7,9-10,17H2,1-2H3. The molecule has 3 nitrogen and oxygen atoms in total. The van der Waals surface area contributed by atoms with Crippen molar-refractivity contribution in [1.82, 2.24) is 4.90 Å². The van der Waals surface area contributed by atoms with Crippen LogP contribution in [0.5, 0.6) is 0 Å². The summed E-state index contributed by atoms with van der Waals surface area (Å²) in [5.74, 6) is 0.0123. The quantitative estimate of drug-likeness (QED) is 0.925. The van der Waals surface area contributed by atoms with Crippen molar-refractivity contribution in [3.8, 4) is 0 Å². The van der Waals surface area contributed by atoms with Crippen molar-refractivity contribution in [2.75, 3.05) is 19.6 Å². The van der Waals surface area contributed by atoms with Crippen molar-refractivity contribution >= 4 is 17.5 Å². The third-order valence-electron chi connectivity index (χ3n) is 4.08. The van der Waals surface area contributed by atoms with Crippen molar-refractivity contribution < 1.29 is 4.79 Å². The molecule has 1 aliphatic rings. The van der Waals surface area contributed by atoms with Crippen molar-refractivity contribution in [3.63, 3.8) is 0 Å². The van der Waals surface area contributed by atoms with Gasteiger partial charge in [0.15, 0.2) is 0 Å². The first-order valence-corrected chi connectivity index (χ1v) is 7.07. The summed E-state index contributed by atoms with van der Waals surface area (Å²) in [6, 6.07) is 7.52. The van der Waals surface area contributed by atoms with Crippen molar-refractivity contribution in [1.29, 1.82) is 0 Å². The van der Waals surface area contributed by atoms with Gasteiger partial charge in [0.2, 0.25) is 5.91 Å². The average molecular weight is 281 g/mol. The minimum absolute atomic E-state index is 0.0731. The zero-order valence-electron chi connectivity index (χ0n) is 11.5. The molecule has 2 unspecified atom stereocenters. The maximum atomic E-state index is 12.5. The molecule has 0 saturated carbocycles. The molecule has 19 heavy (non-hydrogen) atoms. The topological polar surface area (TPSA) is 46.3 Å². The van der Waals surface area contributed by atoms with E-state index >= 15 is 0 Å². The Balaban J connectivity index is 2.08. The van der Waals surface area contributed by atoms with Crippen LogP contribution < -0.4 is 5.73 Å². The SMILES string of the molecule is CC(C(=O)N1CCC(C)(CN)C1)c1cccc(Cl)c1. The van der Waals surface area contributed by atoms with Crippen molar-refractivity contribution in [2.24, 2.45) is 11.1 Å². The van der Waals surface area contributed by atoms with E-state index in [1.54, 1.807) is 0 Å². The molecule has 1 aromatic carbocycles. The molecule has 0 aromatic heterocycles. The van der Waals surface area contributed by atoms with Crippen LogP contribution in [0.1, 0.15) is 31.7 Å². The molecule has 1 saturated heterocycles. The van der Waals surface area contributed by atoms with Gasteiger partial charge in [0.05, 0.1) is 5.92 Å². The highest BCUT2D eigenvalue weighted by Gasteiger charge is 2.36. The Morgan fingerprint density at radius 1 is 1.58 bits per heavy atom. The van der Waals surface area contributed by atoms with Gasteiger partial charge in [0, 0.05) is 18.1 Å². The second-order valence-electron chi connectivity index (χ2n) is 5.80. The Hall–Kier alpha value is -1.06. The molecule has 2 rings (SSSR count). The van der Waals surface area contributed by atoms with Crippen molar-refractivity contribution in [3.05, 3.63) is 34.9 Å². The summed E-state index contributed by atoms with van der Waals surface area (Å²) in [6.07, 6.45) is 0.984. The van der Waals surface area contributed by atoms with E-state index < -0.39 is 0 Å². The fourth-order valence-electron chi connectivity index (χ4n) is 2.57. The van der Waals surface area contributed by atoms with E-state index in [4.69, 9.17) is 17.3 Å². The van der Waals surface area contributed by atoms with Crippen LogP contribution >= 0.6 is 11.6 Å². The number of nitrogens with two attached hydrogens (primary N) is 1. The van der Waals surface area contributed by atoms with Gasteiger partial charge in [-0.15, -0.1) is 0 Å². The third-order valence-corrected chi connectivity index (χ3v) is 4.32. The number of likely N-dealkylation sites (tertiary alicyclic amines) is 1. The summed E-state index contributed by atoms with van der Waals surface area (Å²) in [6.45, 7) is 6.27. The lowest BCUT2D eigenvalue weighted by atomic mass is 9.90.